The van der Waals surface area contributed by atoms with E-state index in [2.05, 4.69) is 20.0 Å². The van der Waals surface area contributed by atoms with Crippen molar-refractivity contribution in [2.75, 3.05) is 5.32 Å². The molecule has 2 heterocycles. The van der Waals surface area contributed by atoms with E-state index in [9.17, 15) is 13.2 Å². The van der Waals surface area contributed by atoms with E-state index in [1.54, 1.807) is 74.8 Å². The van der Waals surface area contributed by atoms with E-state index in [4.69, 9.17) is 4.74 Å². The van der Waals surface area contributed by atoms with Crippen molar-refractivity contribution >= 4 is 33.1 Å². The molecule has 1 saturated carbocycles. The molecule has 0 spiro atoms. The van der Waals surface area contributed by atoms with Gasteiger partial charge in [0.05, 0.1) is 20.5 Å². The minimum Gasteiger partial charge on any atom is -0.443 e. The van der Waals surface area contributed by atoms with Crippen LogP contribution in [0.3, 0.4) is 0 Å². The van der Waals surface area contributed by atoms with Crippen LogP contribution in [-0.4, -0.2) is 30.0 Å². The molecule has 1 amide bonds. The predicted molar refractivity (Wildman–Crippen MR) is 141 cm³/mol. The van der Waals surface area contributed by atoms with Gasteiger partial charge in [0.25, 0.3) is 0 Å². The van der Waals surface area contributed by atoms with Gasteiger partial charge in [0.15, 0.2) is 0 Å². The van der Waals surface area contributed by atoms with E-state index in [1.165, 1.54) is 25.3 Å². The Morgan fingerprint density at radius 3 is 2.58 bits per heavy atom. The smallest absolute Gasteiger partial charge is 0.412 e. The van der Waals surface area contributed by atoms with Gasteiger partial charge in [-0.3, -0.25) is 10.3 Å². The van der Waals surface area contributed by atoms with Crippen LogP contribution in [0.2, 0.25) is 0 Å². The molecule has 8 nitrogen and oxygen atoms in total. The Morgan fingerprint density at radius 1 is 1.11 bits per heavy atom. The number of amides is 1. The lowest BCUT2D eigenvalue weighted by Crippen LogP contribution is -2.40. The molecule has 0 atom stereocenters. The van der Waals surface area contributed by atoms with Crippen LogP contribution in [0, 0.1) is 0 Å². The summed E-state index contributed by atoms with van der Waals surface area (Å²) in [6.07, 6.45) is 8.58. The fourth-order valence-corrected chi connectivity index (χ4v) is 7.07. The maximum atomic E-state index is 13.4. The van der Waals surface area contributed by atoms with Crippen molar-refractivity contribution in [2.45, 2.75) is 75.8 Å². The maximum absolute atomic E-state index is 13.4. The van der Waals surface area contributed by atoms with Gasteiger partial charge in [-0.25, -0.2) is 22.9 Å². The SMILES string of the molecule is CC(C)(C)NS(=O)(=O)c1cc(NC(=O)OCc2ccccn2)ccc1-c1cnc(C2CCCCC2)s1. The molecular formula is C26H32N4O4S2. The number of sulfonamides is 1. The monoisotopic (exact) mass is 528 g/mol. The van der Waals surface area contributed by atoms with Crippen molar-refractivity contribution in [3.05, 3.63) is 59.5 Å². The summed E-state index contributed by atoms with van der Waals surface area (Å²) in [7, 11) is -3.90. The normalized spacial score (nSPS) is 15.0. The van der Waals surface area contributed by atoms with Crippen LogP contribution < -0.4 is 10.0 Å². The number of nitrogens with one attached hydrogen (secondary N) is 2. The average Bonchev–Trinajstić information content (AvgIpc) is 3.33. The summed E-state index contributed by atoms with van der Waals surface area (Å²) in [5, 5.41) is 3.68. The zero-order valence-corrected chi connectivity index (χ0v) is 22.4. The first kappa shape index (κ1) is 26.2. The van der Waals surface area contributed by atoms with Crippen LogP contribution in [0.1, 0.15) is 69.5 Å². The number of pyridine rings is 1. The second-order valence-electron chi connectivity index (χ2n) is 9.99. The van der Waals surface area contributed by atoms with E-state index in [0.29, 0.717) is 22.9 Å². The number of carbonyl (C=O) groups excluding carboxylic acids is 1. The van der Waals surface area contributed by atoms with Crippen molar-refractivity contribution < 1.29 is 17.9 Å². The molecule has 0 radical (unpaired) electrons. The Bertz CT molecular complexity index is 1290. The summed E-state index contributed by atoms with van der Waals surface area (Å²) in [5.74, 6) is 0.431. The summed E-state index contributed by atoms with van der Waals surface area (Å²) in [4.78, 5) is 22.0. The van der Waals surface area contributed by atoms with Crippen LogP contribution in [0.5, 0.6) is 0 Å². The number of aromatic nitrogens is 2. The molecule has 0 aliphatic heterocycles. The van der Waals surface area contributed by atoms with E-state index in [1.807, 2.05) is 0 Å². The minimum absolute atomic E-state index is 0.00625. The number of benzene rings is 1. The topological polar surface area (TPSA) is 110 Å². The maximum Gasteiger partial charge on any atom is 0.412 e. The van der Waals surface area contributed by atoms with E-state index < -0.39 is 21.7 Å². The number of thiazole rings is 1. The molecule has 4 rings (SSSR count). The fraction of sp³-hybridized carbons (Fsp3) is 0.423. The molecule has 1 aromatic carbocycles. The van der Waals surface area contributed by atoms with Gasteiger partial charge < -0.3 is 4.74 Å². The van der Waals surface area contributed by atoms with E-state index in [-0.39, 0.29) is 11.5 Å². The Kier molecular flexibility index (Phi) is 8.07. The van der Waals surface area contributed by atoms with Crippen LogP contribution in [0.25, 0.3) is 10.4 Å². The van der Waals surface area contributed by atoms with Crippen molar-refractivity contribution in [3.8, 4) is 10.4 Å². The van der Waals surface area contributed by atoms with Gasteiger partial charge in [-0.15, -0.1) is 11.3 Å². The Morgan fingerprint density at radius 2 is 1.89 bits per heavy atom. The molecule has 192 valence electrons. The fourth-order valence-electron chi connectivity index (χ4n) is 4.21. The largest absolute Gasteiger partial charge is 0.443 e. The lowest BCUT2D eigenvalue weighted by atomic mass is 9.90. The highest BCUT2D eigenvalue weighted by molar-refractivity contribution is 7.89. The standard InChI is InChI=1S/C26H32N4O4S2/c1-26(2,3)30-36(32,33)23-15-19(29-25(31)34-17-20-11-7-8-14-27-20)12-13-21(23)22-16-28-24(35-22)18-9-5-4-6-10-18/h7-8,11-16,18,30H,4-6,9-10,17H2,1-3H3,(H,29,31). The molecule has 2 N–H and O–H groups in total. The zero-order chi connectivity index (χ0) is 25.8. The van der Waals surface area contributed by atoms with Crippen molar-refractivity contribution in [3.63, 3.8) is 0 Å². The summed E-state index contributed by atoms with van der Waals surface area (Å²) >= 11 is 1.54. The van der Waals surface area contributed by atoms with Gasteiger partial charge in [0, 0.05) is 35.1 Å². The van der Waals surface area contributed by atoms with Crippen molar-refractivity contribution in [1.29, 1.82) is 0 Å². The second-order valence-corrected chi connectivity index (χ2v) is 12.7. The van der Waals surface area contributed by atoms with Gasteiger partial charge >= 0.3 is 6.09 Å². The quantitative estimate of drug-likeness (QED) is 0.385. The third kappa shape index (κ3) is 6.89. The number of carbonyl (C=O) groups is 1. The summed E-state index contributed by atoms with van der Waals surface area (Å²) in [5.41, 5.74) is 0.802. The molecular weight excluding hydrogens is 496 g/mol. The highest BCUT2D eigenvalue weighted by Crippen LogP contribution is 2.39. The van der Waals surface area contributed by atoms with Crippen molar-refractivity contribution in [2.24, 2.45) is 0 Å². The third-order valence-corrected chi connectivity index (χ3v) is 8.77. The van der Waals surface area contributed by atoms with Crippen molar-refractivity contribution in [1.82, 2.24) is 14.7 Å². The lowest BCUT2D eigenvalue weighted by Gasteiger charge is -2.22. The Balaban J connectivity index is 1.60. The predicted octanol–water partition coefficient (Wildman–Crippen LogP) is 6.08. The average molecular weight is 529 g/mol. The third-order valence-electron chi connectivity index (χ3n) is 5.78. The van der Waals surface area contributed by atoms with E-state index in [0.717, 1.165) is 22.7 Å². The molecule has 1 fully saturated rings. The number of ether oxygens (including phenoxy) is 1. The van der Waals surface area contributed by atoms with Gasteiger partial charge in [0.1, 0.15) is 6.61 Å². The number of hydrogen-bond donors (Lipinski definition) is 2. The highest BCUT2D eigenvalue weighted by Gasteiger charge is 2.27. The molecule has 10 heteroatoms. The first-order valence-corrected chi connectivity index (χ1v) is 14.4. The summed E-state index contributed by atoms with van der Waals surface area (Å²) < 4.78 is 34.8. The summed E-state index contributed by atoms with van der Waals surface area (Å²) in [6, 6.07) is 10.2. The van der Waals surface area contributed by atoms with Crippen LogP contribution in [0.4, 0.5) is 10.5 Å². The molecule has 3 aromatic rings. The van der Waals surface area contributed by atoms with Crippen LogP contribution in [0.15, 0.2) is 53.7 Å². The first-order valence-electron chi connectivity index (χ1n) is 12.1. The van der Waals surface area contributed by atoms with Crippen LogP contribution >= 0.6 is 11.3 Å². The van der Waals surface area contributed by atoms with Gasteiger partial charge in [-0.2, -0.15) is 0 Å². The van der Waals surface area contributed by atoms with E-state index >= 15 is 0 Å². The zero-order valence-electron chi connectivity index (χ0n) is 20.8. The number of hydrogen-bond acceptors (Lipinski definition) is 7. The number of anilines is 1. The highest BCUT2D eigenvalue weighted by atomic mass is 32.2. The molecule has 2 aromatic heterocycles. The summed E-state index contributed by atoms with van der Waals surface area (Å²) in [6.45, 7) is 5.37. The lowest BCUT2D eigenvalue weighted by molar-refractivity contribution is 0.153. The Hall–Kier alpha value is -2.82. The first-order chi connectivity index (χ1) is 17.1. The second kappa shape index (κ2) is 11.1. The molecule has 1 aliphatic carbocycles. The van der Waals surface area contributed by atoms with Crippen LogP contribution in [-0.2, 0) is 21.4 Å². The number of nitrogens with zero attached hydrogens (tertiary/aromatic N) is 2. The minimum atomic E-state index is -3.90. The van der Waals surface area contributed by atoms with Gasteiger partial charge in [0.2, 0.25) is 10.0 Å². The molecule has 1 aliphatic rings. The molecule has 0 saturated heterocycles. The van der Waals surface area contributed by atoms with Gasteiger partial charge in [-0.1, -0.05) is 31.4 Å². The molecule has 0 bridgehead atoms. The molecule has 36 heavy (non-hydrogen) atoms. The van der Waals surface area contributed by atoms with Gasteiger partial charge in [-0.05, 0) is 57.9 Å². The molecule has 0 unspecified atom stereocenters. The number of rotatable bonds is 7. The Labute approximate surface area is 216 Å².